The quantitative estimate of drug-likeness (QED) is 0.690. The molecule has 4 atom stereocenters. The Bertz CT molecular complexity index is 438. The predicted octanol–water partition coefficient (Wildman–Crippen LogP) is 0.364. The van der Waals surface area contributed by atoms with E-state index in [9.17, 15) is 8.42 Å². The van der Waals surface area contributed by atoms with Crippen molar-refractivity contribution in [2.24, 2.45) is 11.8 Å². The molecule has 3 fully saturated rings. The number of sulfonamides is 1. The predicted molar refractivity (Wildman–Crippen MR) is 82.1 cm³/mol. The van der Waals surface area contributed by atoms with Gasteiger partial charge in [-0.15, -0.1) is 6.58 Å². The highest BCUT2D eigenvalue weighted by Gasteiger charge is 2.40. The van der Waals surface area contributed by atoms with Gasteiger partial charge in [-0.2, -0.15) is 0 Å². The molecule has 0 aromatic rings. The highest BCUT2D eigenvalue weighted by Crippen LogP contribution is 2.36. The average molecular weight is 301 g/mol. The minimum Gasteiger partial charge on any atom is -0.302 e. The summed E-state index contributed by atoms with van der Waals surface area (Å²) in [6, 6.07) is 0.379. The van der Waals surface area contributed by atoms with Crippen LogP contribution in [0.15, 0.2) is 12.7 Å². The van der Waals surface area contributed by atoms with E-state index >= 15 is 0 Å². The first-order chi connectivity index (χ1) is 9.39. The van der Waals surface area contributed by atoms with Crippen molar-refractivity contribution in [3.63, 3.8) is 0 Å². The number of hydrogen-bond acceptors (Lipinski definition) is 4. The molecule has 3 heterocycles. The Morgan fingerprint density at radius 1 is 1.50 bits per heavy atom. The third-order valence-corrected chi connectivity index (χ3v) is 5.27. The number of piperidine rings is 3. The van der Waals surface area contributed by atoms with Gasteiger partial charge >= 0.3 is 0 Å². The standard InChI is InChI=1S/C14H27N3O2S/c1-4-6-16(2)10-13-11-17-7-5-12(13)8-14(17)9-15-20(3,18)19/h4,12-15H,1,5-11H2,2-3H3/t12-,13-,14+/m0/s1. The molecule has 116 valence electrons. The van der Waals surface area contributed by atoms with Crippen molar-refractivity contribution in [2.45, 2.75) is 18.9 Å². The molecule has 0 radical (unpaired) electrons. The van der Waals surface area contributed by atoms with Crippen LogP contribution >= 0.6 is 0 Å². The maximum absolute atomic E-state index is 11.2. The molecule has 0 saturated carbocycles. The molecule has 3 aliphatic heterocycles. The monoisotopic (exact) mass is 301 g/mol. The molecule has 0 amide bonds. The Morgan fingerprint density at radius 3 is 2.80 bits per heavy atom. The Balaban J connectivity index is 1.86. The molecule has 0 aromatic carbocycles. The van der Waals surface area contributed by atoms with Gasteiger partial charge in [0.25, 0.3) is 0 Å². The molecule has 3 aliphatic rings. The lowest BCUT2D eigenvalue weighted by atomic mass is 9.75. The van der Waals surface area contributed by atoms with E-state index in [-0.39, 0.29) is 0 Å². The number of nitrogens with zero attached hydrogens (tertiary/aromatic N) is 2. The van der Waals surface area contributed by atoms with Gasteiger partial charge in [0.2, 0.25) is 10.0 Å². The van der Waals surface area contributed by atoms with E-state index in [1.54, 1.807) is 0 Å². The third kappa shape index (κ3) is 4.28. The van der Waals surface area contributed by atoms with E-state index < -0.39 is 10.0 Å². The van der Waals surface area contributed by atoms with Gasteiger partial charge in [0.1, 0.15) is 0 Å². The molecule has 1 N–H and O–H groups in total. The van der Waals surface area contributed by atoms with Crippen molar-refractivity contribution in [1.29, 1.82) is 0 Å². The van der Waals surface area contributed by atoms with Crippen LogP contribution in [0.2, 0.25) is 0 Å². The molecule has 0 aromatic heterocycles. The minimum atomic E-state index is -3.08. The summed E-state index contributed by atoms with van der Waals surface area (Å²) in [5.41, 5.74) is 0. The van der Waals surface area contributed by atoms with E-state index in [4.69, 9.17) is 0 Å². The fourth-order valence-corrected chi connectivity index (χ4v) is 4.11. The molecule has 3 rings (SSSR count). The molecule has 5 nitrogen and oxygen atoms in total. The SMILES string of the molecule is C=CCN(C)C[C@H]1CN2CC[C@H]1C[C@@H]2CNS(C)(=O)=O. The van der Waals surface area contributed by atoms with Crippen molar-refractivity contribution in [3.8, 4) is 0 Å². The molecule has 3 saturated heterocycles. The third-order valence-electron chi connectivity index (χ3n) is 4.58. The summed E-state index contributed by atoms with van der Waals surface area (Å²) in [6.07, 6.45) is 5.55. The highest BCUT2D eigenvalue weighted by molar-refractivity contribution is 7.88. The smallest absolute Gasteiger partial charge is 0.208 e. The fraction of sp³-hybridized carbons (Fsp3) is 0.857. The first-order valence-electron chi connectivity index (χ1n) is 7.37. The van der Waals surface area contributed by atoms with Gasteiger partial charge in [-0.1, -0.05) is 6.08 Å². The van der Waals surface area contributed by atoms with Crippen LogP contribution in [-0.4, -0.2) is 70.3 Å². The van der Waals surface area contributed by atoms with Crippen molar-refractivity contribution >= 4 is 10.0 Å². The maximum Gasteiger partial charge on any atom is 0.208 e. The van der Waals surface area contributed by atoms with E-state index in [1.165, 1.54) is 12.7 Å². The summed E-state index contributed by atoms with van der Waals surface area (Å²) >= 11 is 0. The van der Waals surface area contributed by atoms with Crippen LogP contribution in [0.5, 0.6) is 0 Å². The number of likely N-dealkylation sites (N-methyl/N-ethyl adjacent to an activating group) is 1. The second-order valence-corrected chi connectivity index (χ2v) is 8.16. The van der Waals surface area contributed by atoms with Crippen LogP contribution in [-0.2, 0) is 10.0 Å². The van der Waals surface area contributed by atoms with E-state index in [0.717, 1.165) is 38.5 Å². The number of nitrogens with one attached hydrogen (secondary N) is 1. The van der Waals surface area contributed by atoms with Crippen molar-refractivity contribution < 1.29 is 8.42 Å². The van der Waals surface area contributed by atoms with Crippen molar-refractivity contribution in [3.05, 3.63) is 12.7 Å². The largest absolute Gasteiger partial charge is 0.302 e. The second-order valence-electron chi connectivity index (χ2n) is 6.32. The normalized spacial score (nSPS) is 33.5. The zero-order chi connectivity index (χ0) is 14.8. The summed E-state index contributed by atoms with van der Waals surface area (Å²) in [4.78, 5) is 4.79. The Kier molecular flexibility index (Phi) is 5.23. The average Bonchev–Trinajstić information content (AvgIpc) is 2.37. The zero-order valence-corrected chi connectivity index (χ0v) is 13.4. The van der Waals surface area contributed by atoms with Gasteiger partial charge in [0, 0.05) is 32.2 Å². The van der Waals surface area contributed by atoms with Crippen LogP contribution in [0.4, 0.5) is 0 Å². The Hall–Kier alpha value is -0.430. The van der Waals surface area contributed by atoms with Crippen molar-refractivity contribution in [2.75, 3.05) is 46.0 Å². The number of hydrogen-bond donors (Lipinski definition) is 1. The zero-order valence-electron chi connectivity index (χ0n) is 12.6. The topological polar surface area (TPSA) is 52.6 Å². The summed E-state index contributed by atoms with van der Waals surface area (Å²) < 4.78 is 25.1. The molecular formula is C14H27N3O2S. The summed E-state index contributed by atoms with van der Waals surface area (Å²) in [5.74, 6) is 1.45. The summed E-state index contributed by atoms with van der Waals surface area (Å²) in [7, 11) is -0.935. The molecule has 20 heavy (non-hydrogen) atoms. The van der Waals surface area contributed by atoms with Gasteiger partial charge in [-0.05, 0) is 38.3 Å². The minimum absolute atomic E-state index is 0.379. The lowest BCUT2D eigenvalue weighted by molar-refractivity contribution is -0.00639. The summed E-state index contributed by atoms with van der Waals surface area (Å²) in [6.45, 7) is 8.60. The van der Waals surface area contributed by atoms with Crippen LogP contribution in [0.3, 0.4) is 0 Å². The van der Waals surface area contributed by atoms with Gasteiger partial charge in [0.15, 0.2) is 0 Å². The first-order valence-corrected chi connectivity index (χ1v) is 9.26. The highest BCUT2D eigenvalue weighted by atomic mass is 32.2. The fourth-order valence-electron chi connectivity index (χ4n) is 3.61. The number of rotatable bonds is 7. The Morgan fingerprint density at radius 2 is 2.25 bits per heavy atom. The number of fused-ring (bicyclic) bond motifs is 3. The first kappa shape index (κ1) is 15.9. The molecule has 1 unspecified atom stereocenters. The van der Waals surface area contributed by atoms with Crippen LogP contribution in [0.1, 0.15) is 12.8 Å². The van der Waals surface area contributed by atoms with Gasteiger partial charge in [-0.3, -0.25) is 4.90 Å². The Labute approximate surface area is 123 Å². The molecule has 0 spiro atoms. The van der Waals surface area contributed by atoms with E-state index in [0.29, 0.717) is 18.5 Å². The second kappa shape index (κ2) is 6.56. The maximum atomic E-state index is 11.2. The van der Waals surface area contributed by atoms with Crippen LogP contribution in [0, 0.1) is 11.8 Å². The lowest BCUT2D eigenvalue weighted by Gasteiger charge is -2.50. The molecule has 2 bridgehead atoms. The van der Waals surface area contributed by atoms with Gasteiger partial charge in [0.05, 0.1) is 6.26 Å². The molecular weight excluding hydrogens is 274 g/mol. The lowest BCUT2D eigenvalue weighted by Crippen LogP contribution is -2.58. The van der Waals surface area contributed by atoms with Crippen molar-refractivity contribution in [1.82, 2.24) is 14.5 Å². The summed E-state index contributed by atoms with van der Waals surface area (Å²) in [5, 5.41) is 0. The molecule has 0 aliphatic carbocycles. The van der Waals surface area contributed by atoms with Gasteiger partial charge in [-0.25, -0.2) is 13.1 Å². The van der Waals surface area contributed by atoms with Gasteiger partial charge < -0.3 is 4.90 Å². The van der Waals surface area contributed by atoms with Crippen LogP contribution < -0.4 is 4.72 Å². The van der Waals surface area contributed by atoms with E-state index in [1.807, 2.05) is 6.08 Å². The van der Waals surface area contributed by atoms with Crippen LogP contribution in [0.25, 0.3) is 0 Å². The molecule has 6 heteroatoms. The van der Waals surface area contributed by atoms with E-state index in [2.05, 4.69) is 28.1 Å².